The first-order valence-corrected chi connectivity index (χ1v) is 6.70. The minimum Gasteiger partial charge on any atom is -0.459 e. The van der Waals surface area contributed by atoms with E-state index in [2.05, 4.69) is 27.4 Å². The van der Waals surface area contributed by atoms with E-state index >= 15 is 0 Å². The van der Waals surface area contributed by atoms with Crippen LogP contribution in [0.15, 0.2) is 12.7 Å². The van der Waals surface area contributed by atoms with Crippen molar-refractivity contribution in [3.63, 3.8) is 0 Å². The van der Waals surface area contributed by atoms with Crippen molar-refractivity contribution < 1.29 is 9.53 Å². The van der Waals surface area contributed by atoms with Crippen LogP contribution >= 0.6 is 0 Å². The fourth-order valence-electron chi connectivity index (χ4n) is 7.25. The average Bonchev–Trinajstić information content (AvgIpc) is 2.41. The molecule has 0 heterocycles. The fourth-order valence-corrected chi connectivity index (χ4v) is 7.25. The highest BCUT2D eigenvalue weighted by Crippen LogP contribution is 3.07. The van der Waals surface area contributed by atoms with Gasteiger partial charge in [0, 0.05) is 11.5 Å². The third kappa shape index (κ3) is 0.605. The Morgan fingerprint density at radius 3 is 2.53 bits per heavy atom. The number of ether oxygens (including phenoxy) is 1. The zero-order chi connectivity index (χ0) is 12.3. The van der Waals surface area contributed by atoms with E-state index in [9.17, 15) is 4.79 Å². The molecule has 4 saturated carbocycles. The highest BCUT2D eigenvalue weighted by Gasteiger charge is 3.03. The lowest BCUT2D eigenvalue weighted by Gasteiger charge is -2.53. The summed E-state index contributed by atoms with van der Waals surface area (Å²) < 4.78 is 5.62. The molecule has 0 aromatic heterocycles. The maximum atomic E-state index is 11.4. The number of fused-ring (bicyclic) bond motifs is 1. The Hall–Kier alpha value is -0.790. The lowest BCUT2D eigenvalue weighted by Crippen LogP contribution is -2.51. The summed E-state index contributed by atoms with van der Waals surface area (Å²) in [6.07, 6.45) is 5.10. The fraction of sp³-hybridized carbons (Fsp3) is 0.800. The molecular formula is C15H20O2. The second-order valence-corrected chi connectivity index (χ2v) is 7.33. The molecule has 1 spiro atoms. The van der Waals surface area contributed by atoms with E-state index in [1.165, 1.54) is 18.9 Å². The second kappa shape index (κ2) is 2.22. The Balaban J connectivity index is 1.69. The molecular weight excluding hydrogens is 212 g/mol. The van der Waals surface area contributed by atoms with E-state index in [1.54, 1.807) is 0 Å². The number of carbonyl (C=O) groups excluding carboxylic acids is 1. The van der Waals surface area contributed by atoms with E-state index in [0.29, 0.717) is 16.2 Å². The Bertz CT molecular complexity index is 460. The Kier molecular flexibility index (Phi) is 1.33. The zero-order valence-electron chi connectivity index (χ0n) is 10.9. The summed E-state index contributed by atoms with van der Waals surface area (Å²) in [6, 6.07) is 0. The Morgan fingerprint density at radius 2 is 2.06 bits per heavy atom. The van der Waals surface area contributed by atoms with E-state index < -0.39 is 0 Å². The van der Waals surface area contributed by atoms with Gasteiger partial charge in [-0.05, 0) is 41.4 Å². The van der Waals surface area contributed by atoms with Crippen LogP contribution < -0.4 is 0 Å². The summed E-state index contributed by atoms with van der Waals surface area (Å²) in [5.41, 5.74) is 1.86. The minimum absolute atomic E-state index is 0.135. The normalized spacial score (nSPS) is 64.9. The molecule has 4 aliphatic carbocycles. The number of carbonyl (C=O) groups is 1. The molecule has 0 saturated heterocycles. The lowest BCUT2D eigenvalue weighted by atomic mass is 9.51. The van der Waals surface area contributed by atoms with Crippen LogP contribution in [0.2, 0.25) is 0 Å². The summed E-state index contributed by atoms with van der Waals surface area (Å²) in [5, 5.41) is 0. The molecule has 0 N–H and O–H groups in total. The largest absolute Gasteiger partial charge is 0.459 e. The number of rotatable bonds is 2. The molecule has 6 atom stereocenters. The van der Waals surface area contributed by atoms with Crippen LogP contribution in [-0.4, -0.2) is 12.1 Å². The summed E-state index contributed by atoms with van der Waals surface area (Å²) in [4.78, 5) is 11.4. The highest BCUT2D eigenvalue weighted by atomic mass is 16.5. The molecule has 4 aliphatic rings. The standard InChI is InChI=1S/C15H20O2/c1-5-11(16)17-10-6-9-7-13(3)14(4)8-12(10,2)15(9,13)14/h5,9-10H,1,6-8H2,2-4H3/t9?,10-,12?,13?,14?,15?/m0/s1. The molecule has 2 nitrogen and oxygen atoms in total. The SMILES string of the molecule is C=CC(=O)O[C@H]1CC2CC3(C)C4(C)CC1(C)C234. The van der Waals surface area contributed by atoms with Crippen molar-refractivity contribution in [2.24, 2.45) is 27.6 Å². The van der Waals surface area contributed by atoms with Gasteiger partial charge < -0.3 is 4.74 Å². The summed E-state index contributed by atoms with van der Waals surface area (Å²) in [6.45, 7) is 10.7. The zero-order valence-corrected chi connectivity index (χ0v) is 10.9. The van der Waals surface area contributed by atoms with Gasteiger partial charge >= 0.3 is 5.97 Å². The Labute approximate surface area is 102 Å². The predicted molar refractivity (Wildman–Crippen MR) is 64.2 cm³/mol. The van der Waals surface area contributed by atoms with Gasteiger partial charge in [0.15, 0.2) is 0 Å². The quantitative estimate of drug-likeness (QED) is 0.540. The molecule has 0 radical (unpaired) electrons. The van der Waals surface area contributed by atoms with Crippen LogP contribution in [0.5, 0.6) is 0 Å². The Morgan fingerprint density at radius 1 is 1.35 bits per heavy atom. The van der Waals surface area contributed by atoms with Crippen molar-refractivity contribution in [2.45, 2.75) is 46.1 Å². The van der Waals surface area contributed by atoms with E-state index in [-0.39, 0.29) is 17.5 Å². The monoisotopic (exact) mass is 232 g/mol. The molecule has 4 fully saturated rings. The van der Waals surface area contributed by atoms with Gasteiger partial charge in [0.25, 0.3) is 0 Å². The topological polar surface area (TPSA) is 26.3 Å². The first-order chi connectivity index (χ1) is 7.87. The molecule has 4 rings (SSSR count). The van der Waals surface area contributed by atoms with E-state index in [1.807, 2.05) is 0 Å². The third-order valence-electron chi connectivity index (χ3n) is 7.42. The highest BCUT2D eigenvalue weighted by molar-refractivity contribution is 5.81. The number of esters is 1. The third-order valence-corrected chi connectivity index (χ3v) is 7.42. The van der Waals surface area contributed by atoms with E-state index in [0.717, 1.165) is 12.3 Å². The molecule has 0 aliphatic heterocycles. The first-order valence-electron chi connectivity index (χ1n) is 6.70. The predicted octanol–water partition coefficient (Wildman–Crippen LogP) is 2.93. The summed E-state index contributed by atoms with van der Waals surface area (Å²) in [5.74, 6) is 0.559. The number of hydrogen-bond acceptors (Lipinski definition) is 2. The molecule has 0 aromatic carbocycles. The lowest BCUT2D eigenvalue weighted by molar-refractivity contribution is -0.158. The second-order valence-electron chi connectivity index (χ2n) is 7.33. The first kappa shape index (κ1) is 10.2. The van der Waals surface area contributed by atoms with Gasteiger partial charge in [0.05, 0.1) is 0 Å². The molecule has 0 amide bonds. The number of hydrogen-bond donors (Lipinski definition) is 0. The molecule has 92 valence electrons. The van der Waals surface area contributed by atoms with E-state index in [4.69, 9.17) is 4.74 Å². The molecule has 5 unspecified atom stereocenters. The van der Waals surface area contributed by atoms with Crippen molar-refractivity contribution in [1.82, 2.24) is 0 Å². The maximum Gasteiger partial charge on any atom is 0.330 e. The van der Waals surface area contributed by atoms with Gasteiger partial charge in [-0.3, -0.25) is 0 Å². The van der Waals surface area contributed by atoms with Crippen LogP contribution in [-0.2, 0) is 9.53 Å². The van der Waals surface area contributed by atoms with Crippen molar-refractivity contribution in [1.29, 1.82) is 0 Å². The van der Waals surface area contributed by atoms with Crippen LogP contribution in [0.25, 0.3) is 0 Å². The molecule has 2 heteroatoms. The van der Waals surface area contributed by atoms with Crippen LogP contribution in [0.1, 0.15) is 40.0 Å². The van der Waals surface area contributed by atoms with Crippen molar-refractivity contribution >= 4 is 5.97 Å². The van der Waals surface area contributed by atoms with Gasteiger partial charge in [-0.2, -0.15) is 0 Å². The molecule has 0 bridgehead atoms. The smallest absolute Gasteiger partial charge is 0.330 e. The van der Waals surface area contributed by atoms with Crippen LogP contribution in [0, 0.1) is 27.6 Å². The van der Waals surface area contributed by atoms with Crippen molar-refractivity contribution in [2.75, 3.05) is 0 Å². The van der Waals surface area contributed by atoms with Crippen LogP contribution in [0.4, 0.5) is 0 Å². The minimum atomic E-state index is -0.245. The van der Waals surface area contributed by atoms with Gasteiger partial charge in [-0.15, -0.1) is 0 Å². The van der Waals surface area contributed by atoms with Crippen molar-refractivity contribution in [3.05, 3.63) is 12.7 Å². The van der Waals surface area contributed by atoms with Gasteiger partial charge in [0.1, 0.15) is 6.10 Å². The molecule has 17 heavy (non-hydrogen) atoms. The molecule has 0 aromatic rings. The summed E-state index contributed by atoms with van der Waals surface area (Å²) in [7, 11) is 0. The average molecular weight is 232 g/mol. The van der Waals surface area contributed by atoms with Gasteiger partial charge in [-0.25, -0.2) is 4.79 Å². The maximum absolute atomic E-state index is 11.4. The van der Waals surface area contributed by atoms with Crippen LogP contribution in [0.3, 0.4) is 0 Å². The summed E-state index contributed by atoms with van der Waals surface area (Å²) >= 11 is 0. The van der Waals surface area contributed by atoms with Crippen molar-refractivity contribution in [3.8, 4) is 0 Å². The van der Waals surface area contributed by atoms with Gasteiger partial charge in [0.2, 0.25) is 0 Å². The van der Waals surface area contributed by atoms with Gasteiger partial charge in [-0.1, -0.05) is 27.4 Å².